The molecular formula is C10H20N2. The van der Waals surface area contributed by atoms with E-state index in [1.165, 1.54) is 25.7 Å². The Labute approximate surface area is 75.1 Å². The summed E-state index contributed by atoms with van der Waals surface area (Å²) in [7, 11) is 0. The molecule has 2 aliphatic rings. The Morgan fingerprint density at radius 3 is 2.50 bits per heavy atom. The smallest absolute Gasteiger partial charge is 0.0252 e. The molecule has 0 aromatic heterocycles. The van der Waals surface area contributed by atoms with Crippen molar-refractivity contribution in [1.82, 2.24) is 10.6 Å². The monoisotopic (exact) mass is 168 g/mol. The summed E-state index contributed by atoms with van der Waals surface area (Å²) in [5.74, 6) is 0. The molecule has 2 heteroatoms. The molecule has 0 unspecified atom stereocenters. The third kappa shape index (κ3) is 1.64. The Morgan fingerprint density at radius 1 is 1.08 bits per heavy atom. The Bertz CT molecular complexity index is 165. The molecule has 2 atom stereocenters. The predicted molar refractivity (Wildman–Crippen MR) is 51.3 cm³/mol. The minimum absolute atomic E-state index is 0.304. The van der Waals surface area contributed by atoms with E-state index >= 15 is 0 Å². The Balaban J connectivity index is 1.99. The molecule has 0 radical (unpaired) electrons. The summed E-state index contributed by atoms with van der Waals surface area (Å²) in [6.07, 6.45) is 5.55. The van der Waals surface area contributed by atoms with Gasteiger partial charge in [-0.25, -0.2) is 0 Å². The molecule has 1 saturated carbocycles. The Morgan fingerprint density at radius 2 is 1.75 bits per heavy atom. The lowest BCUT2D eigenvalue weighted by Gasteiger charge is -2.45. The summed E-state index contributed by atoms with van der Waals surface area (Å²) in [6.45, 7) is 5.68. The maximum atomic E-state index is 3.73. The number of hydrogen-bond donors (Lipinski definition) is 2. The van der Waals surface area contributed by atoms with Crippen LogP contribution in [-0.2, 0) is 0 Å². The molecule has 2 fully saturated rings. The molecule has 1 aliphatic carbocycles. The van der Waals surface area contributed by atoms with Gasteiger partial charge in [0.05, 0.1) is 0 Å². The van der Waals surface area contributed by atoms with E-state index in [1.807, 2.05) is 0 Å². The molecule has 12 heavy (non-hydrogen) atoms. The van der Waals surface area contributed by atoms with Crippen LogP contribution in [0.15, 0.2) is 0 Å². The molecule has 70 valence electrons. The number of hydrogen-bond acceptors (Lipinski definition) is 2. The van der Waals surface area contributed by atoms with Gasteiger partial charge in [0.2, 0.25) is 0 Å². The van der Waals surface area contributed by atoms with Gasteiger partial charge in [-0.1, -0.05) is 12.8 Å². The molecule has 0 aromatic carbocycles. The van der Waals surface area contributed by atoms with E-state index in [4.69, 9.17) is 0 Å². The first kappa shape index (κ1) is 8.52. The highest BCUT2D eigenvalue weighted by molar-refractivity contribution is 4.98. The first-order chi connectivity index (χ1) is 5.67. The van der Waals surface area contributed by atoms with Gasteiger partial charge in [-0.3, -0.25) is 0 Å². The lowest BCUT2D eigenvalue weighted by molar-refractivity contribution is 0.169. The van der Waals surface area contributed by atoms with Crippen molar-refractivity contribution in [2.24, 2.45) is 0 Å². The maximum Gasteiger partial charge on any atom is 0.0252 e. The van der Waals surface area contributed by atoms with Gasteiger partial charge in [-0.2, -0.15) is 0 Å². The lowest BCUT2D eigenvalue weighted by atomic mass is 9.85. The molecule has 0 amide bonds. The third-order valence-electron chi connectivity index (χ3n) is 3.15. The largest absolute Gasteiger partial charge is 0.311 e. The van der Waals surface area contributed by atoms with E-state index < -0.39 is 0 Å². The van der Waals surface area contributed by atoms with Crippen LogP contribution in [0.5, 0.6) is 0 Å². The van der Waals surface area contributed by atoms with Crippen LogP contribution in [-0.4, -0.2) is 24.2 Å². The number of rotatable bonds is 0. The fourth-order valence-electron chi connectivity index (χ4n) is 2.49. The average molecular weight is 168 g/mol. The Hall–Kier alpha value is -0.0800. The van der Waals surface area contributed by atoms with Gasteiger partial charge < -0.3 is 10.6 Å². The summed E-state index contributed by atoms with van der Waals surface area (Å²) >= 11 is 0. The first-order valence-electron chi connectivity index (χ1n) is 5.18. The number of piperazine rings is 1. The van der Waals surface area contributed by atoms with Gasteiger partial charge in [0.15, 0.2) is 0 Å². The van der Waals surface area contributed by atoms with Gasteiger partial charge in [-0.15, -0.1) is 0 Å². The van der Waals surface area contributed by atoms with Crippen molar-refractivity contribution in [2.75, 3.05) is 6.54 Å². The highest BCUT2D eigenvalue weighted by Gasteiger charge is 2.34. The standard InChI is InChI=1S/C10H20N2/c1-10(2)7-11-8-5-3-4-6-9(8)12-10/h8-9,11-12H,3-7H2,1-2H3/t8-,9+/m0/s1. The van der Waals surface area contributed by atoms with E-state index in [0.717, 1.165) is 18.6 Å². The van der Waals surface area contributed by atoms with Gasteiger partial charge in [0, 0.05) is 24.2 Å². The second-order valence-corrected chi connectivity index (χ2v) is 4.91. The zero-order valence-corrected chi connectivity index (χ0v) is 8.19. The topological polar surface area (TPSA) is 24.1 Å². The molecule has 2 N–H and O–H groups in total. The van der Waals surface area contributed by atoms with Crippen molar-refractivity contribution in [1.29, 1.82) is 0 Å². The highest BCUT2D eigenvalue weighted by atomic mass is 15.1. The van der Waals surface area contributed by atoms with Crippen LogP contribution in [0.25, 0.3) is 0 Å². The van der Waals surface area contributed by atoms with Crippen LogP contribution in [0.2, 0.25) is 0 Å². The van der Waals surface area contributed by atoms with Crippen molar-refractivity contribution in [2.45, 2.75) is 57.2 Å². The quantitative estimate of drug-likeness (QED) is 0.569. The van der Waals surface area contributed by atoms with Crippen molar-refractivity contribution in [3.63, 3.8) is 0 Å². The minimum atomic E-state index is 0.304. The summed E-state index contributed by atoms with van der Waals surface area (Å²) in [5.41, 5.74) is 0.304. The molecule has 2 rings (SSSR count). The first-order valence-corrected chi connectivity index (χ1v) is 5.18. The van der Waals surface area contributed by atoms with E-state index in [2.05, 4.69) is 24.5 Å². The van der Waals surface area contributed by atoms with Gasteiger partial charge in [0.1, 0.15) is 0 Å². The van der Waals surface area contributed by atoms with Crippen LogP contribution < -0.4 is 10.6 Å². The van der Waals surface area contributed by atoms with E-state index in [1.54, 1.807) is 0 Å². The molecule has 2 nitrogen and oxygen atoms in total. The van der Waals surface area contributed by atoms with E-state index in [9.17, 15) is 0 Å². The zero-order chi connectivity index (χ0) is 8.60. The SMILES string of the molecule is CC1(C)CN[C@H]2CCCC[C@H]2N1. The van der Waals surface area contributed by atoms with Crippen LogP contribution in [0.1, 0.15) is 39.5 Å². The molecule has 1 saturated heterocycles. The fourth-order valence-corrected chi connectivity index (χ4v) is 2.49. The summed E-state index contributed by atoms with van der Waals surface area (Å²) in [6, 6.07) is 1.49. The third-order valence-corrected chi connectivity index (χ3v) is 3.15. The molecule has 0 bridgehead atoms. The van der Waals surface area contributed by atoms with Crippen LogP contribution >= 0.6 is 0 Å². The highest BCUT2D eigenvalue weighted by Crippen LogP contribution is 2.23. The predicted octanol–water partition coefficient (Wildman–Crippen LogP) is 1.27. The average Bonchev–Trinajstić information content (AvgIpc) is 2.02. The van der Waals surface area contributed by atoms with Crippen molar-refractivity contribution in [3.05, 3.63) is 0 Å². The van der Waals surface area contributed by atoms with Crippen LogP contribution in [0.4, 0.5) is 0 Å². The van der Waals surface area contributed by atoms with Crippen molar-refractivity contribution < 1.29 is 0 Å². The number of fused-ring (bicyclic) bond motifs is 1. The second kappa shape index (κ2) is 3.00. The fraction of sp³-hybridized carbons (Fsp3) is 1.00. The molecular weight excluding hydrogens is 148 g/mol. The molecule has 1 heterocycles. The summed E-state index contributed by atoms with van der Waals surface area (Å²) in [5, 5.41) is 7.38. The zero-order valence-electron chi connectivity index (χ0n) is 8.19. The molecule has 0 spiro atoms. The van der Waals surface area contributed by atoms with Gasteiger partial charge in [-0.05, 0) is 26.7 Å². The van der Waals surface area contributed by atoms with Crippen LogP contribution in [0, 0.1) is 0 Å². The number of nitrogens with one attached hydrogen (secondary N) is 2. The minimum Gasteiger partial charge on any atom is -0.311 e. The van der Waals surface area contributed by atoms with Gasteiger partial charge in [0.25, 0.3) is 0 Å². The molecule has 0 aromatic rings. The van der Waals surface area contributed by atoms with E-state index in [0.29, 0.717) is 5.54 Å². The maximum absolute atomic E-state index is 3.73. The summed E-state index contributed by atoms with van der Waals surface area (Å²) in [4.78, 5) is 0. The van der Waals surface area contributed by atoms with Crippen molar-refractivity contribution >= 4 is 0 Å². The molecule has 1 aliphatic heterocycles. The Kier molecular flexibility index (Phi) is 2.13. The second-order valence-electron chi connectivity index (χ2n) is 4.91. The lowest BCUT2D eigenvalue weighted by Crippen LogP contribution is -2.66. The van der Waals surface area contributed by atoms with E-state index in [-0.39, 0.29) is 0 Å². The van der Waals surface area contributed by atoms with Crippen molar-refractivity contribution in [3.8, 4) is 0 Å². The van der Waals surface area contributed by atoms with Gasteiger partial charge >= 0.3 is 0 Å². The van der Waals surface area contributed by atoms with Crippen LogP contribution in [0.3, 0.4) is 0 Å². The normalized spacial score (nSPS) is 40.5. The summed E-state index contributed by atoms with van der Waals surface area (Å²) < 4.78 is 0.